The third-order valence-corrected chi connectivity index (χ3v) is 3.24. The molecule has 0 radical (unpaired) electrons. The van der Waals surface area contributed by atoms with Crippen molar-refractivity contribution in [2.45, 2.75) is 19.8 Å². The van der Waals surface area contributed by atoms with E-state index in [9.17, 15) is 0 Å². The SMILES string of the molecule is CC(C)c1ccc(Nc2nc3ccc(N)cc3o2)cc1. The van der Waals surface area contributed by atoms with Gasteiger partial charge in [-0.1, -0.05) is 26.0 Å². The summed E-state index contributed by atoms with van der Waals surface area (Å²) in [6, 6.07) is 14.2. The van der Waals surface area contributed by atoms with Gasteiger partial charge in [-0.25, -0.2) is 0 Å². The van der Waals surface area contributed by atoms with Gasteiger partial charge in [0.1, 0.15) is 5.52 Å². The minimum absolute atomic E-state index is 0.475. The van der Waals surface area contributed by atoms with Gasteiger partial charge in [-0.05, 0) is 35.7 Å². The van der Waals surface area contributed by atoms with Gasteiger partial charge in [0.25, 0.3) is 6.01 Å². The second-order valence-corrected chi connectivity index (χ2v) is 5.15. The Balaban J connectivity index is 1.85. The fraction of sp³-hybridized carbons (Fsp3) is 0.188. The monoisotopic (exact) mass is 267 g/mol. The third kappa shape index (κ3) is 2.45. The molecule has 4 nitrogen and oxygen atoms in total. The summed E-state index contributed by atoms with van der Waals surface area (Å²) in [5.74, 6) is 0.524. The first kappa shape index (κ1) is 12.5. The molecule has 4 heteroatoms. The van der Waals surface area contributed by atoms with Gasteiger partial charge < -0.3 is 15.5 Å². The van der Waals surface area contributed by atoms with Crippen molar-refractivity contribution >= 4 is 28.5 Å². The molecule has 2 aromatic carbocycles. The molecule has 0 atom stereocenters. The molecule has 3 rings (SSSR count). The highest BCUT2D eigenvalue weighted by atomic mass is 16.4. The van der Waals surface area contributed by atoms with Crippen LogP contribution in [-0.2, 0) is 0 Å². The standard InChI is InChI=1S/C16H17N3O/c1-10(2)11-3-6-13(7-4-11)18-16-19-14-8-5-12(17)9-15(14)20-16/h3-10H,17H2,1-2H3,(H,18,19). The predicted molar refractivity (Wildman–Crippen MR) is 82.2 cm³/mol. The maximum Gasteiger partial charge on any atom is 0.300 e. The summed E-state index contributed by atoms with van der Waals surface area (Å²) >= 11 is 0. The molecule has 0 saturated carbocycles. The Morgan fingerprint density at radius 3 is 2.55 bits per heavy atom. The molecule has 102 valence electrons. The van der Waals surface area contributed by atoms with Crippen LogP contribution in [0.15, 0.2) is 46.9 Å². The van der Waals surface area contributed by atoms with Gasteiger partial charge in [0.2, 0.25) is 0 Å². The molecule has 0 bridgehead atoms. The van der Waals surface area contributed by atoms with Crippen LogP contribution in [0.5, 0.6) is 0 Å². The van der Waals surface area contributed by atoms with Crippen LogP contribution >= 0.6 is 0 Å². The van der Waals surface area contributed by atoms with Crippen LogP contribution in [0.1, 0.15) is 25.3 Å². The lowest BCUT2D eigenvalue weighted by Gasteiger charge is -2.06. The number of nitrogens with one attached hydrogen (secondary N) is 1. The van der Waals surface area contributed by atoms with Crippen LogP contribution in [0, 0.1) is 0 Å². The van der Waals surface area contributed by atoms with Crippen LogP contribution in [0.25, 0.3) is 11.1 Å². The first-order valence-corrected chi connectivity index (χ1v) is 6.65. The number of nitrogen functional groups attached to an aromatic ring is 1. The van der Waals surface area contributed by atoms with Crippen LogP contribution < -0.4 is 11.1 Å². The average Bonchev–Trinajstić information content (AvgIpc) is 2.80. The molecule has 0 amide bonds. The number of oxazole rings is 1. The summed E-state index contributed by atoms with van der Waals surface area (Å²) in [7, 11) is 0. The van der Waals surface area contributed by atoms with Gasteiger partial charge in [0.05, 0.1) is 0 Å². The number of hydrogen-bond acceptors (Lipinski definition) is 4. The fourth-order valence-electron chi connectivity index (χ4n) is 2.07. The van der Waals surface area contributed by atoms with E-state index in [1.807, 2.05) is 24.3 Å². The van der Waals surface area contributed by atoms with E-state index in [0.717, 1.165) is 11.2 Å². The molecule has 0 aliphatic rings. The van der Waals surface area contributed by atoms with E-state index in [2.05, 4.69) is 36.3 Å². The zero-order valence-electron chi connectivity index (χ0n) is 11.6. The first-order valence-electron chi connectivity index (χ1n) is 6.65. The lowest BCUT2D eigenvalue weighted by Crippen LogP contribution is -1.91. The number of anilines is 3. The number of nitrogens with two attached hydrogens (primary N) is 1. The molecule has 1 heterocycles. The molecule has 0 aliphatic heterocycles. The molecule has 0 aliphatic carbocycles. The largest absolute Gasteiger partial charge is 0.423 e. The zero-order chi connectivity index (χ0) is 14.1. The number of benzene rings is 2. The summed E-state index contributed by atoms with van der Waals surface area (Å²) in [5, 5.41) is 3.16. The van der Waals surface area contributed by atoms with E-state index >= 15 is 0 Å². The summed E-state index contributed by atoms with van der Waals surface area (Å²) in [5.41, 5.74) is 10.1. The Hall–Kier alpha value is -2.49. The molecule has 3 N–H and O–H groups in total. The maximum atomic E-state index is 5.72. The number of hydrogen-bond donors (Lipinski definition) is 2. The fourth-order valence-corrected chi connectivity index (χ4v) is 2.07. The topological polar surface area (TPSA) is 64.1 Å². The summed E-state index contributed by atoms with van der Waals surface area (Å²) < 4.78 is 5.63. The smallest absolute Gasteiger partial charge is 0.300 e. The van der Waals surface area contributed by atoms with Crippen molar-refractivity contribution < 1.29 is 4.42 Å². The Labute approximate surface area is 117 Å². The van der Waals surface area contributed by atoms with Gasteiger partial charge in [0.15, 0.2) is 5.58 Å². The Kier molecular flexibility index (Phi) is 3.06. The van der Waals surface area contributed by atoms with Gasteiger partial charge >= 0.3 is 0 Å². The van der Waals surface area contributed by atoms with Crippen LogP contribution in [0.4, 0.5) is 17.4 Å². The Morgan fingerprint density at radius 1 is 1.10 bits per heavy atom. The molecule has 0 unspecified atom stereocenters. The van der Waals surface area contributed by atoms with E-state index in [1.165, 1.54) is 5.56 Å². The highest BCUT2D eigenvalue weighted by Crippen LogP contribution is 2.24. The molecule has 0 saturated heterocycles. The van der Waals surface area contributed by atoms with Crippen LogP contribution in [0.2, 0.25) is 0 Å². The molecule has 20 heavy (non-hydrogen) atoms. The molecule has 3 aromatic rings. The van der Waals surface area contributed by atoms with Crippen LogP contribution in [-0.4, -0.2) is 4.98 Å². The number of nitrogens with zero attached hydrogens (tertiary/aromatic N) is 1. The number of rotatable bonds is 3. The first-order chi connectivity index (χ1) is 9.61. The normalized spacial score (nSPS) is 11.2. The second kappa shape index (κ2) is 4.89. The molecule has 0 fully saturated rings. The third-order valence-electron chi connectivity index (χ3n) is 3.24. The summed E-state index contributed by atoms with van der Waals surface area (Å²) in [4.78, 5) is 4.37. The second-order valence-electron chi connectivity index (χ2n) is 5.15. The highest BCUT2D eigenvalue weighted by Gasteiger charge is 2.06. The van der Waals surface area contributed by atoms with E-state index in [0.29, 0.717) is 23.2 Å². The lowest BCUT2D eigenvalue weighted by atomic mass is 10.0. The van der Waals surface area contributed by atoms with Crippen molar-refractivity contribution in [3.8, 4) is 0 Å². The zero-order valence-corrected chi connectivity index (χ0v) is 11.6. The maximum absolute atomic E-state index is 5.72. The minimum Gasteiger partial charge on any atom is -0.423 e. The molecular weight excluding hydrogens is 250 g/mol. The Bertz CT molecular complexity index is 729. The molecule has 1 aromatic heterocycles. The molecular formula is C16H17N3O. The van der Waals surface area contributed by atoms with Crippen molar-refractivity contribution in [1.29, 1.82) is 0 Å². The van der Waals surface area contributed by atoms with E-state index in [1.54, 1.807) is 6.07 Å². The van der Waals surface area contributed by atoms with Crippen LogP contribution in [0.3, 0.4) is 0 Å². The molecule has 0 spiro atoms. The Morgan fingerprint density at radius 2 is 1.85 bits per heavy atom. The summed E-state index contributed by atoms with van der Waals surface area (Å²) in [6.45, 7) is 4.35. The predicted octanol–water partition coefficient (Wildman–Crippen LogP) is 4.28. The van der Waals surface area contributed by atoms with Gasteiger partial charge in [0, 0.05) is 17.4 Å². The van der Waals surface area contributed by atoms with Gasteiger partial charge in [-0.15, -0.1) is 0 Å². The quantitative estimate of drug-likeness (QED) is 0.695. The van der Waals surface area contributed by atoms with Crippen molar-refractivity contribution in [3.63, 3.8) is 0 Å². The van der Waals surface area contributed by atoms with Crippen molar-refractivity contribution in [3.05, 3.63) is 48.0 Å². The minimum atomic E-state index is 0.475. The van der Waals surface area contributed by atoms with Crippen molar-refractivity contribution in [2.75, 3.05) is 11.1 Å². The van der Waals surface area contributed by atoms with Crippen molar-refractivity contribution in [1.82, 2.24) is 4.98 Å². The summed E-state index contributed by atoms with van der Waals surface area (Å²) in [6.07, 6.45) is 0. The highest BCUT2D eigenvalue weighted by molar-refractivity contribution is 5.78. The number of aromatic nitrogens is 1. The van der Waals surface area contributed by atoms with Crippen molar-refractivity contribution in [2.24, 2.45) is 0 Å². The van der Waals surface area contributed by atoms with E-state index in [-0.39, 0.29) is 0 Å². The van der Waals surface area contributed by atoms with Gasteiger partial charge in [-0.2, -0.15) is 4.98 Å². The average molecular weight is 267 g/mol. The number of fused-ring (bicyclic) bond motifs is 1. The van der Waals surface area contributed by atoms with E-state index < -0.39 is 0 Å². The lowest BCUT2D eigenvalue weighted by molar-refractivity contribution is 0.623. The van der Waals surface area contributed by atoms with E-state index in [4.69, 9.17) is 10.2 Å². The van der Waals surface area contributed by atoms with Gasteiger partial charge in [-0.3, -0.25) is 0 Å².